The Kier molecular flexibility index (Phi) is 6.11. The van der Waals surface area contributed by atoms with E-state index in [2.05, 4.69) is 22.4 Å². The van der Waals surface area contributed by atoms with Crippen molar-refractivity contribution in [3.63, 3.8) is 0 Å². The highest BCUT2D eigenvalue weighted by Crippen LogP contribution is 2.27. The van der Waals surface area contributed by atoms with Crippen LogP contribution < -0.4 is 15.6 Å². The van der Waals surface area contributed by atoms with Crippen molar-refractivity contribution in [1.29, 1.82) is 0 Å². The van der Waals surface area contributed by atoms with E-state index in [0.29, 0.717) is 12.5 Å². The van der Waals surface area contributed by atoms with Crippen LogP contribution in [-0.2, 0) is 6.54 Å². The van der Waals surface area contributed by atoms with Gasteiger partial charge < -0.3 is 14.6 Å². The lowest BCUT2D eigenvalue weighted by Crippen LogP contribution is -2.19. The molecule has 0 bridgehead atoms. The summed E-state index contributed by atoms with van der Waals surface area (Å²) in [6.45, 7) is 2.25. The third-order valence-corrected chi connectivity index (χ3v) is 5.25. The van der Waals surface area contributed by atoms with Gasteiger partial charge in [-0.3, -0.25) is 4.79 Å². The number of hydrogen-bond acceptors (Lipinski definition) is 4. The maximum absolute atomic E-state index is 13.6. The van der Waals surface area contributed by atoms with E-state index in [-0.39, 0.29) is 10.8 Å². The van der Waals surface area contributed by atoms with Gasteiger partial charge in [-0.1, -0.05) is 48.0 Å². The van der Waals surface area contributed by atoms with Gasteiger partial charge in [0.05, 0.1) is 24.9 Å². The highest BCUT2D eigenvalue weighted by atomic mass is 35.5. The van der Waals surface area contributed by atoms with E-state index in [1.807, 2.05) is 37.3 Å². The van der Waals surface area contributed by atoms with Crippen molar-refractivity contribution in [3.05, 3.63) is 105 Å². The molecule has 0 fully saturated rings. The van der Waals surface area contributed by atoms with E-state index < -0.39 is 11.4 Å². The number of nitrogens with one attached hydrogen (secondary N) is 1. The minimum atomic E-state index is -0.497. The molecule has 0 saturated heterocycles. The van der Waals surface area contributed by atoms with Gasteiger partial charge in [-0.2, -0.15) is 4.98 Å². The molecule has 3 aromatic carbocycles. The topological polar surface area (TPSA) is 56.1 Å². The number of hydrogen-bond donors (Lipinski definition) is 1. The van der Waals surface area contributed by atoms with E-state index in [9.17, 15) is 9.18 Å². The Morgan fingerprint density at radius 1 is 1.22 bits per heavy atom. The Labute approximate surface area is 190 Å². The van der Waals surface area contributed by atoms with Crippen molar-refractivity contribution < 1.29 is 9.13 Å². The van der Waals surface area contributed by atoms with Gasteiger partial charge in [0.1, 0.15) is 5.82 Å². The van der Waals surface area contributed by atoms with Crippen LogP contribution in [0.3, 0.4) is 0 Å². The summed E-state index contributed by atoms with van der Waals surface area (Å²) in [6.07, 6.45) is 1.56. The Hall–Kier alpha value is -3.82. The number of nitrogens with zero attached hydrogens (tertiary/aromatic N) is 2. The van der Waals surface area contributed by atoms with Gasteiger partial charge >= 0.3 is 5.56 Å². The molecule has 0 aliphatic heterocycles. The summed E-state index contributed by atoms with van der Waals surface area (Å²) in [5, 5.41) is 3.28. The van der Waals surface area contributed by atoms with Gasteiger partial charge in [-0.05, 0) is 53.9 Å². The van der Waals surface area contributed by atoms with E-state index >= 15 is 0 Å². The van der Waals surface area contributed by atoms with E-state index in [0.717, 1.165) is 27.9 Å². The minimum Gasteiger partial charge on any atom is -0.490 e. The molecule has 1 N–H and O–H groups in total. The number of aryl methyl sites for hydroxylation is 1. The number of halogens is 2. The van der Waals surface area contributed by atoms with Crippen LogP contribution in [0.4, 0.5) is 16.0 Å². The second-order valence-corrected chi connectivity index (χ2v) is 7.59. The molecule has 1 aromatic heterocycles. The van der Waals surface area contributed by atoms with Crippen LogP contribution in [0.5, 0.6) is 5.75 Å². The smallest absolute Gasteiger partial charge is 0.316 e. The minimum absolute atomic E-state index is 0.0254. The van der Waals surface area contributed by atoms with E-state index in [4.69, 9.17) is 16.3 Å². The molecule has 0 saturated carbocycles. The molecule has 0 atom stereocenters. The lowest BCUT2D eigenvalue weighted by molar-refractivity contribution is 0.402. The van der Waals surface area contributed by atoms with Gasteiger partial charge in [0, 0.05) is 11.3 Å². The Morgan fingerprint density at radius 2 is 2.06 bits per heavy atom. The molecule has 32 heavy (non-hydrogen) atoms. The molecular weight excluding hydrogens is 429 g/mol. The molecule has 0 spiro atoms. The van der Waals surface area contributed by atoms with Gasteiger partial charge in [-0.25, -0.2) is 4.39 Å². The predicted octanol–water partition coefficient (Wildman–Crippen LogP) is 5.41. The SMILES string of the molecule is COc1cn(Cc2ccc(F)c(Cl)c2)c(Nc2cc(-c3c#cccc3)ccc2C)nc1=O. The predicted molar refractivity (Wildman–Crippen MR) is 123 cm³/mol. The molecule has 5 nitrogen and oxygen atoms in total. The fraction of sp³-hybridized carbons (Fsp3) is 0.120. The lowest BCUT2D eigenvalue weighted by atomic mass is 10.0. The normalized spacial score (nSPS) is 10.5. The summed E-state index contributed by atoms with van der Waals surface area (Å²) >= 11 is 5.93. The monoisotopic (exact) mass is 447 g/mol. The molecule has 0 amide bonds. The van der Waals surface area contributed by atoms with Crippen LogP contribution in [0.2, 0.25) is 5.02 Å². The second-order valence-electron chi connectivity index (χ2n) is 7.18. The third-order valence-electron chi connectivity index (χ3n) is 4.96. The highest BCUT2D eigenvalue weighted by molar-refractivity contribution is 6.30. The van der Waals surface area contributed by atoms with E-state index in [1.165, 1.54) is 13.2 Å². The first-order valence-corrected chi connectivity index (χ1v) is 10.2. The van der Waals surface area contributed by atoms with Gasteiger partial charge in [-0.15, -0.1) is 0 Å². The first kappa shape index (κ1) is 21.4. The zero-order chi connectivity index (χ0) is 22.7. The first-order chi connectivity index (χ1) is 15.4. The van der Waals surface area contributed by atoms with Crippen molar-refractivity contribution >= 4 is 23.2 Å². The average molecular weight is 448 g/mol. The molecule has 4 rings (SSSR count). The van der Waals surface area contributed by atoms with Crippen LogP contribution in [0.25, 0.3) is 11.1 Å². The fourth-order valence-corrected chi connectivity index (χ4v) is 3.44. The molecule has 160 valence electrons. The number of rotatable bonds is 6. The molecule has 0 radical (unpaired) electrons. The number of aromatic nitrogens is 2. The van der Waals surface area contributed by atoms with Crippen LogP contribution in [-0.4, -0.2) is 16.7 Å². The lowest BCUT2D eigenvalue weighted by Gasteiger charge is -2.17. The molecule has 1 heterocycles. The first-order valence-electron chi connectivity index (χ1n) is 9.80. The van der Waals surface area contributed by atoms with Crippen LogP contribution in [0, 0.1) is 24.9 Å². The second kappa shape index (κ2) is 9.13. The van der Waals surface area contributed by atoms with Gasteiger partial charge in [0.25, 0.3) is 0 Å². The number of anilines is 2. The fourth-order valence-electron chi connectivity index (χ4n) is 3.23. The van der Waals surface area contributed by atoms with Crippen molar-refractivity contribution in [2.24, 2.45) is 0 Å². The number of methoxy groups -OCH3 is 1. The molecule has 0 aliphatic rings. The summed E-state index contributed by atoms with van der Waals surface area (Å²) < 4.78 is 20.4. The summed E-state index contributed by atoms with van der Waals surface area (Å²) in [7, 11) is 1.41. The zero-order valence-corrected chi connectivity index (χ0v) is 18.2. The zero-order valence-electron chi connectivity index (χ0n) is 17.4. The van der Waals surface area contributed by atoms with Crippen molar-refractivity contribution in [3.8, 4) is 16.9 Å². The van der Waals surface area contributed by atoms with Crippen molar-refractivity contribution in [2.75, 3.05) is 12.4 Å². The molecule has 4 aromatic rings. The maximum Gasteiger partial charge on any atom is 0.316 e. The van der Waals surface area contributed by atoms with Crippen LogP contribution >= 0.6 is 11.6 Å². The van der Waals surface area contributed by atoms with Crippen molar-refractivity contribution in [2.45, 2.75) is 13.5 Å². The van der Waals surface area contributed by atoms with Gasteiger partial charge in [0.2, 0.25) is 11.7 Å². The standard InChI is InChI=1S/C25H19ClFN3O2/c1-16-8-10-19(18-6-4-3-5-7-18)13-22(16)28-25-29-24(31)23(32-2)15-30(25)14-17-9-11-21(27)20(26)12-17/h3-4,6,8-13,15H,14H2,1-2H3,(H,28,29,31). The highest BCUT2D eigenvalue weighted by Gasteiger charge is 2.12. The third kappa shape index (κ3) is 4.58. The Bertz CT molecular complexity index is 1320. The Morgan fingerprint density at radius 3 is 2.78 bits per heavy atom. The quantitative estimate of drug-likeness (QED) is 0.429. The molecule has 0 unspecified atom stereocenters. The molecular formula is C25H19ClFN3O2. The maximum atomic E-state index is 13.6. The summed E-state index contributed by atoms with van der Waals surface area (Å²) in [5.74, 6) is -0.0736. The molecule has 0 aliphatic carbocycles. The largest absolute Gasteiger partial charge is 0.490 e. The van der Waals surface area contributed by atoms with Crippen LogP contribution in [0.1, 0.15) is 11.1 Å². The Balaban J connectivity index is 1.74. The average Bonchev–Trinajstić information content (AvgIpc) is 2.80. The summed E-state index contributed by atoms with van der Waals surface area (Å²) in [6, 6.07) is 22.1. The van der Waals surface area contributed by atoms with Gasteiger partial charge in [0.15, 0.2) is 0 Å². The summed E-state index contributed by atoms with van der Waals surface area (Å²) in [5.41, 5.74) is 3.84. The van der Waals surface area contributed by atoms with Crippen molar-refractivity contribution in [1.82, 2.24) is 9.55 Å². The number of benzene rings is 2. The number of ether oxygens (including phenoxy) is 1. The van der Waals surface area contributed by atoms with Crippen LogP contribution in [0.15, 0.2) is 65.6 Å². The molecule has 7 heteroatoms. The van der Waals surface area contributed by atoms with E-state index in [1.54, 1.807) is 29.0 Å². The summed E-state index contributed by atoms with van der Waals surface area (Å²) in [4.78, 5) is 16.5.